The van der Waals surface area contributed by atoms with Crippen LogP contribution in [0, 0.1) is 13.7 Å². The summed E-state index contributed by atoms with van der Waals surface area (Å²) >= 11 is 0. The Morgan fingerprint density at radius 2 is 0.780 bits per heavy atom. The molecule has 2 aliphatic heterocycles. The highest BCUT2D eigenvalue weighted by molar-refractivity contribution is 7.20. The largest absolute Gasteiger partial charge is 0.456 e. The van der Waals surface area contributed by atoms with Gasteiger partial charge in [-0.1, -0.05) is 197 Å². The average molecular weight is 799 g/mol. The van der Waals surface area contributed by atoms with Gasteiger partial charge in [0.1, 0.15) is 23.0 Å². The Kier molecular flexibility index (Phi) is 5.19. The van der Waals surface area contributed by atoms with Crippen LogP contribution in [0.3, 0.4) is 0 Å². The highest BCUT2D eigenvalue weighted by Gasteiger charge is 2.43. The lowest BCUT2D eigenvalue weighted by molar-refractivity contribution is 0.419. The van der Waals surface area contributed by atoms with Crippen LogP contribution in [0.2, 0.25) is 0 Å². The Morgan fingerprint density at radius 1 is 0.373 bits per heavy atom. The minimum absolute atomic E-state index is 0.0315. The van der Waals surface area contributed by atoms with Gasteiger partial charge in [0.25, 0.3) is 0 Å². The van der Waals surface area contributed by atoms with E-state index in [-0.39, 0.29) is 78.6 Å². The Morgan fingerprint density at radius 3 is 1.20 bits per heavy atom. The minimum atomic E-state index is -3.96. The van der Waals surface area contributed by atoms with Crippen LogP contribution in [0.25, 0.3) is 22.3 Å². The first kappa shape index (κ1) is 22.1. The Labute approximate surface area is 375 Å². The molecule has 0 bridgehead atoms. The third-order valence-electron chi connectivity index (χ3n) is 11.7. The monoisotopic (exact) mass is 798 g/mol. The lowest BCUT2D eigenvalue weighted by atomic mass is 9.74. The number of rotatable bonds is 6. The number of aryl methyl sites for hydroxylation is 2. The molecule has 2 nitrogen and oxygen atoms in total. The van der Waals surface area contributed by atoms with Crippen LogP contribution in [-0.4, -0.2) is 8.07 Å². The Hall–Kier alpha value is -6.42. The SMILES string of the molecule is [2H]C([2H])([2H])c1ccc([Si](c2ccccc2)(c2ccccc2)c2ccc(C([2H])([2H])[2H])c(-c3cccc4c3Oc3ccccc3C4(C([2H])([2H])[2H])C([2H])([2H])[2H])c2)cc1-c1cccc2c1Oc1ccccc1C2(C([2H])([2H])[2H])C([2H])([2H])[2H]. The van der Waals surface area contributed by atoms with E-state index in [1.54, 1.807) is 48.5 Å². The molecule has 3 heteroatoms. The number of ether oxygens (including phenoxy) is 2. The van der Waals surface area contributed by atoms with Crippen molar-refractivity contribution in [2.24, 2.45) is 0 Å². The van der Waals surface area contributed by atoms with Crippen molar-refractivity contribution in [3.8, 4) is 45.3 Å². The van der Waals surface area contributed by atoms with Crippen LogP contribution in [-0.2, 0) is 10.8 Å². The van der Waals surface area contributed by atoms with Gasteiger partial charge in [-0.3, -0.25) is 0 Å². The van der Waals surface area contributed by atoms with Gasteiger partial charge in [-0.25, -0.2) is 0 Å². The fourth-order valence-corrected chi connectivity index (χ4v) is 13.7. The summed E-state index contributed by atoms with van der Waals surface area (Å²) in [7, 11) is -3.96. The lowest BCUT2D eigenvalue weighted by Crippen LogP contribution is -2.74. The fourth-order valence-electron chi connectivity index (χ4n) is 8.93. The van der Waals surface area contributed by atoms with Crippen molar-refractivity contribution in [3.63, 3.8) is 0 Å². The highest BCUT2D eigenvalue weighted by atomic mass is 28.3. The van der Waals surface area contributed by atoms with Crippen LogP contribution in [0.5, 0.6) is 23.0 Å². The van der Waals surface area contributed by atoms with Crippen LogP contribution < -0.4 is 30.2 Å². The molecule has 8 aromatic carbocycles. The van der Waals surface area contributed by atoms with Crippen molar-refractivity contribution in [2.75, 3.05) is 0 Å². The average Bonchev–Trinajstić information content (AvgIpc) is 3.45. The van der Waals surface area contributed by atoms with Crippen LogP contribution in [0.4, 0.5) is 0 Å². The molecule has 10 rings (SSSR count). The molecule has 0 radical (unpaired) electrons. The first-order chi connectivity index (χ1) is 36.0. The van der Waals surface area contributed by atoms with Crippen LogP contribution in [0.1, 0.15) is 85.5 Å². The van der Waals surface area contributed by atoms with E-state index in [1.165, 1.54) is 72.8 Å². The molecule has 2 aliphatic rings. The molecule has 0 aromatic heterocycles. The molecule has 0 aliphatic carbocycles. The number of para-hydroxylation sites is 4. The summed E-state index contributed by atoms with van der Waals surface area (Å²) in [5.74, 6) is -0.373. The molecule has 0 spiro atoms. The van der Waals surface area contributed by atoms with Gasteiger partial charge < -0.3 is 9.47 Å². The highest BCUT2D eigenvalue weighted by Crippen LogP contribution is 2.53. The number of hydrogen-bond donors (Lipinski definition) is 0. The van der Waals surface area contributed by atoms with E-state index in [1.807, 2.05) is 60.7 Å². The van der Waals surface area contributed by atoms with E-state index >= 15 is 0 Å². The van der Waals surface area contributed by atoms with E-state index in [4.69, 9.17) is 34.1 Å². The van der Waals surface area contributed by atoms with E-state index in [2.05, 4.69) is 0 Å². The fraction of sp³-hybridized carbons (Fsp3) is 0.143. The van der Waals surface area contributed by atoms with E-state index < -0.39 is 60.0 Å². The van der Waals surface area contributed by atoms with Gasteiger partial charge in [-0.05, 0) is 68.8 Å². The summed E-state index contributed by atoms with van der Waals surface area (Å²) < 4.78 is 174. The molecule has 0 amide bonds. The Balaban J connectivity index is 1.32. The van der Waals surface area contributed by atoms with Gasteiger partial charge in [-0.15, -0.1) is 0 Å². The third-order valence-corrected chi connectivity index (χ3v) is 16.5. The van der Waals surface area contributed by atoms with Crippen molar-refractivity contribution in [1.29, 1.82) is 0 Å². The molecule has 288 valence electrons. The van der Waals surface area contributed by atoms with Gasteiger partial charge in [0, 0.05) is 68.9 Å². The van der Waals surface area contributed by atoms with Crippen molar-refractivity contribution in [1.82, 2.24) is 0 Å². The quantitative estimate of drug-likeness (QED) is 0.123. The predicted molar refractivity (Wildman–Crippen MR) is 248 cm³/mol. The summed E-state index contributed by atoms with van der Waals surface area (Å²) in [6.45, 7) is -18.4. The number of benzene rings is 8. The zero-order chi connectivity index (χ0) is 55.5. The first-order valence-corrected chi connectivity index (χ1v) is 21.3. The molecule has 0 saturated heterocycles. The number of fused-ring (bicyclic) bond motifs is 4. The molecule has 0 unspecified atom stereocenters. The van der Waals surface area contributed by atoms with Gasteiger partial charge in [0.2, 0.25) is 0 Å². The smallest absolute Gasteiger partial charge is 0.179 e. The van der Waals surface area contributed by atoms with Crippen molar-refractivity contribution in [3.05, 3.63) is 215 Å². The molecular weight excluding hydrogens is 733 g/mol. The second-order valence-electron chi connectivity index (χ2n) is 15.1. The molecule has 0 N–H and O–H groups in total. The summed E-state index contributed by atoms with van der Waals surface area (Å²) in [4.78, 5) is 0. The van der Waals surface area contributed by atoms with Crippen LogP contribution >= 0.6 is 0 Å². The lowest BCUT2D eigenvalue weighted by Gasteiger charge is -2.37. The molecule has 0 atom stereocenters. The van der Waals surface area contributed by atoms with E-state index in [9.17, 15) is 0 Å². The summed E-state index contributed by atoms with van der Waals surface area (Å²) in [6, 6.07) is 49.4. The topological polar surface area (TPSA) is 18.5 Å². The van der Waals surface area contributed by atoms with Gasteiger partial charge in [-0.2, -0.15) is 0 Å². The second kappa shape index (κ2) is 13.9. The molecule has 0 fully saturated rings. The minimum Gasteiger partial charge on any atom is -0.456 e. The molecule has 0 saturated carbocycles. The summed E-state index contributed by atoms with van der Waals surface area (Å²) in [5, 5.41) is 2.61. The summed E-state index contributed by atoms with van der Waals surface area (Å²) in [5.41, 5.74) is -5.73. The van der Waals surface area contributed by atoms with Crippen molar-refractivity contribution in [2.45, 2.75) is 51.9 Å². The predicted octanol–water partition coefficient (Wildman–Crippen LogP) is 11.9. The molecule has 2 heterocycles. The van der Waals surface area contributed by atoms with Gasteiger partial charge in [0.15, 0.2) is 8.07 Å². The third kappa shape index (κ3) is 5.67. The van der Waals surface area contributed by atoms with Gasteiger partial charge in [0.05, 0.1) is 0 Å². The maximum absolute atomic E-state index is 8.94. The van der Waals surface area contributed by atoms with Crippen molar-refractivity contribution >= 4 is 28.8 Å². The van der Waals surface area contributed by atoms with E-state index in [0.29, 0.717) is 10.4 Å². The summed E-state index contributed by atoms with van der Waals surface area (Å²) in [6.07, 6.45) is 0. The van der Waals surface area contributed by atoms with Crippen LogP contribution in [0.15, 0.2) is 182 Å². The van der Waals surface area contributed by atoms with Gasteiger partial charge >= 0.3 is 0 Å². The first-order valence-electron chi connectivity index (χ1n) is 28.3. The van der Waals surface area contributed by atoms with E-state index in [0.717, 1.165) is 10.4 Å². The molecular formula is C56H48O2Si. The van der Waals surface area contributed by atoms with Crippen molar-refractivity contribution < 1.29 is 34.1 Å². The Bertz CT molecular complexity index is 3310. The zero-order valence-corrected chi connectivity index (χ0v) is 32.6. The molecule has 59 heavy (non-hydrogen) atoms. The zero-order valence-electron chi connectivity index (χ0n) is 49.6. The number of hydrogen-bond acceptors (Lipinski definition) is 2. The standard InChI is InChI=1S/C56H48O2Si/c1-37-31-33-41(35-45(37)43-23-17-27-49-53(43)57-51-29-15-13-25-47(51)55(49,3)4)59(39-19-9-7-10-20-39,40-21-11-8-12-22-40)42-34-32-38(2)46(36-42)44-24-18-28-50-54(44)58-52-30-16-14-26-48(52)56(50,5)6/h7-36H,1-6H3/i1D3,2D3,3D3,4D3,5D3,6D3. The maximum atomic E-state index is 8.94. The normalized spacial score (nSPS) is 20.3. The maximum Gasteiger partial charge on any atom is 0.179 e. The molecule has 8 aromatic rings. The second-order valence-corrected chi connectivity index (χ2v) is 18.9.